The third-order valence-electron chi connectivity index (χ3n) is 2.41. The van der Waals surface area contributed by atoms with E-state index in [-0.39, 0.29) is 22.6 Å². The molecule has 0 atom stereocenters. The number of ether oxygens (including phenoxy) is 2. The van der Waals surface area contributed by atoms with Crippen molar-refractivity contribution in [2.24, 2.45) is 5.73 Å². The number of benzene rings is 1. The summed E-state index contributed by atoms with van der Waals surface area (Å²) in [4.78, 5) is 23.3. The molecule has 8 heteroatoms. The van der Waals surface area contributed by atoms with Crippen LogP contribution < -0.4 is 10.5 Å². The number of carbonyl (C=O) groups is 2. The summed E-state index contributed by atoms with van der Waals surface area (Å²) in [7, 11) is 0. The third kappa shape index (κ3) is 4.86. The molecule has 1 rings (SSSR count). The fourth-order valence-corrected chi connectivity index (χ4v) is 1.46. The predicted molar refractivity (Wildman–Crippen MR) is 70.9 cm³/mol. The van der Waals surface area contributed by atoms with E-state index < -0.39 is 25.0 Å². The second-order valence-electron chi connectivity index (χ2n) is 4.08. The molecule has 0 aliphatic heterocycles. The molecule has 0 bridgehead atoms. The van der Waals surface area contributed by atoms with E-state index in [1.54, 1.807) is 6.07 Å². The van der Waals surface area contributed by atoms with E-state index in [1.807, 2.05) is 0 Å². The summed E-state index contributed by atoms with van der Waals surface area (Å²) in [6, 6.07) is 6.52. The van der Waals surface area contributed by atoms with E-state index in [9.17, 15) is 18.4 Å². The largest absolute Gasteiger partial charge is 0.454 e. The lowest BCUT2D eigenvalue weighted by molar-refractivity contribution is -0.118. The maximum absolute atomic E-state index is 12.1. The molecular formula is C14H12F2N2O4. The molecule has 2 N–H and O–H groups in total. The van der Waals surface area contributed by atoms with Crippen LogP contribution in [0.5, 0.6) is 5.75 Å². The van der Waals surface area contributed by atoms with Crippen LogP contribution >= 0.6 is 0 Å². The van der Waals surface area contributed by atoms with E-state index in [2.05, 4.69) is 4.74 Å². The summed E-state index contributed by atoms with van der Waals surface area (Å²) >= 11 is 0. The smallest absolute Gasteiger partial charge is 0.387 e. The molecule has 0 radical (unpaired) electrons. The molecule has 6 nitrogen and oxygen atoms in total. The van der Waals surface area contributed by atoms with Crippen LogP contribution in [0.1, 0.15) is 17.3 Å². The fourth-order valence-electron chi connectivity index (χ4n) is 1.46. The fraction of sp³-hybridized carbons (Fsp3) is 0.214. The normalized spacial score (nSPS) is 11.4. The number of alkyl halides is 2. The highest BCUT2D eigenvalue weighted by Crippen LogP contribution is 2.16. The van der Waals surface area contributed by atoms with Crippen molar-refractivity contribution in [2.45, 2.75) is 13.5 Å². The lowest BCUT2D eigenvalue weighted by atomic mass is 10.1. The Morgan fingerprint density at radius 2 is 2.09 bits per heavy atom. The van der Waals surface area contributed by atoms with Gasteiger partial charge in [0.25, 0.3) is 0 Å². The number of rotatable bonds is 6. The van der Waals surface area contributed by atoms with E-state index >= 15 is 0 Å². The quantitative estimate of drug-likeness (QED) is 0.488. The van der Waals surface area contributed by atoms with Gasteiger partial charge in [-0.2, -0.15) is 14.0 Å². The van der Waals surface area contributed by atoms with Gasteiger partial charge in [-0.15, -0.1) is 0 Å². The van der Waals surface area contributed by atoms with Gasteiger partial charge in [-0.25, -0.2) is 4.79 Å². The number of Topliss-reactive ketones (excluding diaryl/α,β-unsaturated/α-hetero) is 1. The van der Waals surface area contributed by atoms with Crippen LogP contribution in [0.2, 0.25) is 0 Å². The summed E-state index contributed by atoms with van der Waals surface area (Å²) in [5.74, 6) is -1.89. The summed E-state index contributed by atoms with van der Waals surface area (Å²) in [6.45, 7) is -2.34. The summed E-state index contributed by atoms with van der Waals surface area (Å²) in [5.41, 5.74) is 4.98. The highest BCUT2D eigenvalue weighted by atomic mass is 19.3. The monoisotopic (exact) mass is 310 g/mol. The average Bonchev–Trinajstić information content (AvgIpc) is 2.44. The van der Waals surface area contributed by atoms with Crippen molar-refractivity contribution in [3.63, 3.8) is 0 Å². The van der Waals surface area contributed by atoms with E-state index in [4.69, 9.17) is 15.7 Å². The van der Waals surface area contributed by atoms with Gasteiger partial charge >= 0.3 is 12.6 Å². The zero-order valence-corrected chi connectivity index (χ0v) is 11.5. The first kappa shape index (κ1) is 17.1. The highest BCUT2D eigenvalue weighted by molar-refractivity contribution is 6.02. The topological polar surface area (TPSA) is 102 Å². The van der Waals surface area contributed by atoms with E-state index in [0.717, 1.165) is 6.07 Å². The summed E-state index contributed by atoms with van der Waals surface area (Å²) in [6.07, 6.45) is 0. The number of esters is 1. The van der Waals surface area contributed by atoms with Crippen LogP contribution in [0.15, 0.2) is 35.5 Å². The van der Waals surface area contributed by atoms with Crippen molar-refractivity contribution in [3.8, 4) is 11.8 Å². The first-order valence-corrected chi connectivity index (χ1v) is 5.96. The molecule has 0 heterocycles. The van der Waals surface area contributed by atoms with Gasteiger partial charge in [-0.1, -0.05) is 6.07 Å². The van der Waals surface area contributed by atoms with Crippen molar-refractivity contribution in [2.75, 3.05) is 6.61 Å². The predicted octanol–water partition coefficient (Wildman–Crippen LogP) is 1.77. The zero-order valence-electron chi connectivity index (χ0n) is 11.5. The minimum atomic E-state index is -3.02. The molecule has 0 saturated heterocycles. The Hall–Kier alpha value is -2.95. The van der Waals surface area contributed by atoms with Gasteiger partial charge in [0, 0.05) is 5.70 Å². The van der Waals surface area contributed by atoms with Gasteiger partial charge in [-0.3, -0.25) is 4.79 Å². The number of nitrogens with two attached hydrogens (primary N) is 1. The van der Waals surface area contributed by atoms with Crippen LogP contribution in [0.25, 0.3) is 0 Å². The van der Waals surface area contributed by atoms with Crippen LogP contribution in [-0.4, -0.2) is 25.0 Å². The minimum absolute atomic E-state index is 0.0101. The number of hydrogen-bond acceptors (Lipinski definition) is 6. The third-order valence-corrected chi connectivity index (χ3v) is 2.41. The first-order chi connectivity index (χ1) is 10.3. The number of nitrogens with zero attached hydrogens (tertiary/aromatic N) is 1. The van der Waals surface area contributed by atoms with Gasteiger partial charge in [-0.05, 0) is 25.1 Å². The van der Waals surface area contributed by atoms with Gasteiger partial charge in [0.05, 0.1) is 5.56 Å². The summed E-state index contributed by atoms with van der Waals surface area (Å²) in [5, 5.41) is 8.73. The molecule has 0 unspecified atom stereocenters. The Morgan fingerprint density at radius 1 is 1.41 bits per heavy atom. The van der Waals surface area contributed by atoms with Crippen molar-refractivity contribution in [3.05, 3.63) is 41.1 Å². The summed E-state index contributed by atoms with van der Waals surface area (Å²) < 4.78 is 33.0. The Balaban J connectivity index is 2.73. The van der Waals surface area contributed by atoms with Crippen molar-refractivity contribution in [1.29, 1.82) is 5.26 Å². The number of allylic oxidation sites excluding steroid dienone is 1. The lowest BCUT2D eigenvalue weighted by Gasteiger charge is -2.07. The van der Waals surface area contributed by atoms with Crippen LogP contribution in [0, 0.1) is 11.3 Å². The molecular weight excluding hydrogens is 298 g/mol. The number of ketones is 1. The van der Waals surface area contributed by atoms with Crippen LogP contribution in [-0.2, 0) is 9.53 Å². The lowest BCUT2D eigenvalue weighted by Crippen LogP contribution is -2.17. The first-order valence-electron chi connectivity index (χ1n) is 5.96. The molecule has 0 aliphatic rings. The van der Waals surface area contributed by atoms with Crippen LogP contribution in [0.3, 0.4) is 0 Å². The van der Waals surface area contributed by atoms with Gasteiger partial charge < -0.3 is 15.2 Å². The number of halogens is 2. The Kier molecular flexibility index (Phi) is 6.01. The van der Waals surface area contributed by atoms with Crippen molar-refractivity contribution >= 4 is 11.8 Å². The van der Waals surface area contributed by atoms with Crippen molar-refractivity contribution < 1.29 is 27.8 Å². The molecule has 0 fully saturated rings. The maximum Gasteiger partial charge on any atom is 0.387 e. The SMILES string of the molecule is CC(N)=C(C#N)C(=O)COC(=O)c1cccc(OC(F)F)c1. The molecule has 1 aromatic rings. The second kappa shape index (κ2) is 7.73. The van der Waals surface area contributed by atoms with Gasteiger partial charge in [0.2, 0.25) is 5.78 Å². The molecule has 116 valence electrons. The zero-order chi connectivity index (χ0) is 16.7. The Morgan fingerprint density at radius 3 is 2.64 bits per heavy atom. The Labute approximate surface area is 124 Å². The molecule has 1 aromatic carbocycles. The molecule has 22 heavy (non-hydrogen) atoms. The number of nitriles is 1. The van der Waals surface area contributed by atoms with Crippen LogP contribution in [0.4, 0.5) is 8.78 Å². The molecule has 0 aliphatic carbocycles. The highest BCUT2D eigenvalue weighted by Gasteiger charge is 2.16. The molecule has 0 amide bonds. The van der Waals surface area contributed by atoms with Gasteiger partial charge in [0.15, 0.2) is 6.61 Å². The molecule has 0 aromatic heterocycles. The molecule has 0 spiro atoms. The number of hydrogen-bond donors (Lipinski definition) is 1. The standard InChI is InChI=1S/C14H12F2N2O4/c1-8(18)11(6-17)12(19)7-21-13(20)9-3-2-4-10(5-9)22-14(15)16/h2-5,14H,7,18H2,1H3. The van der Waals surface area contributed by atoms with Crippen molar-refractivity contribution in [1.82, 2.24) is 0 Å². The van der Waals surface area contributed by atoms with E-state index in [1.165, 1.54) is 25.1 Å². The maximum atomic E-state index is 12.1. The Bertz CT molecular complexity index is 646. The second-order valence-corrected chi connectivity index (χ2v) is 4.08. The van der Waals surface area contributed by atoms with Gasteiger partial charge in [0.1, 0.15) is 17.4 Å². The molecule has 0 saturated carbocycles. The minimum Gasteiger partial charge on any atom is -0.454 e. The van der Waals surface area contributed by atoms with E-state index in [0.29, 0.717) is 0 Å². The average molecular weight is 310 g/mol. The number of carbonyl (C=O) groups excluding carboxylic acids is 2.